The van der Waals surface area contributed by atoms with Gasteiger partial charge < -0.3 is 19.7 Å². The van der Waals surface area contributed by atoms with Crippen LogP contribution in [0.15, 0.2) is 48.5 Å². The SMILES string of the molecule is Cc1ccc(OC(=O)[C@@H](O)[C@H](O)C(=O)Oc2ccc(C)cc2)cc1. The smallest absolute Gasteiger partial charge is 0.343 e. The molecule has 0 fully saturated rings. The lowest BCUT2D eigenvalue weighted by Crippen LogP contribution is -2.43. The summed E-state index contributed by atoms with van der Waals surface area (Å²) in [6, 6.07) is 13.0. The third kappa shape index (κ3) is 4.65. The molecule has 6 heteroatoms. The summed E-state index contributed by atoms with van der Waals surface area (Å²) in [6.45, 7) is 3.73. The van der Waals surface area contributed by atoms with Crippen molar-refractivity contribution in [2.75, 3.05) is 0 Å². The number of hydrogen-bond acceptors (Lipinski definition) is 6. The summed E-state index contributed by atoms with van der Waals surface area (Å²) >= 11 is 0. The van der Waals surface area contributed by atoms with E-state index in [9.17, 15) is 19.8 Å². The lowest BCUT2D eigenvalue weighted by molar-refractivity contribution is -0.162. The Kier molecular flexibility index (Phi) is 5.68. The third-order valence-electron chi connectivity index (χ3n) is 3.26. The highest BCUT2D eigenvalue weighted by molar-refractivity contribution is 5.87. The van der Waals surface area contributed by atoms with Gasteiger partial charge in [0.15, 0.2) is 12.2 Å². The predicted octanol–water partition coefficient (Wildman–Crippen LogP) is 1.54. The Morgan fingerprint density at radius 2 is 1.00 bits per heavy atom. The summed E-state index contributed by atoms with van der Waals surface area (Å²) < 4.78 is 9.82. The van der Waals surface area contributed by atoms with Crippen molar-refractivity contribution in [3.05, 3.63) is 59.7 Å². The van der Waals surface area contributed by atoms with Crippen molar-refractivity contribution in [3.8, 4) is 11.5 Å². The van der Waals surface area contributed by atoms with Gasteiger partial charge in [-0.15, -0.1) is 0 Å². The van der Waals surface area contributed by atoms with Crippen LogP contribution in [0.4, 0.5) is 0 Å². The quantitative estimate of drug-likeness (QED) is 0.638. The Morgan fingerprint density at radius 3 is 1.29 bits per heavy atom. The van der Waals surface area contributed by atoms with E-state index in [1.165, 1.54) is 24.3 Å². The molecule has 0 spiro atoms. The molecule has 2 rings (SSSR count). The molecule has 0 saturated heterocycles. The van der Waals surface area contributed by atoms with Crippen molar-refractivity contribution in [2.24, 2.45) is 0 Å². The lowest BCUT2D eigenvalue weighted by Gasteiger charge is -2.15. The molecule has 126 valence electrons. The molecule has 0 heterocycles. The first-order valence-corrected chi connectivity index (χ1v) is 7.29. The maximum Gasteiger partial charge on any atom is 0.343 e. The lowest BCUT2D eigenvalue weighted by atomic mass is 10.2. The van der Waals surface area contributed by atoms with E-state index in [4.69, 9.17) is 9.47 Å². The second-order valence-electron chi connectivity index (χ2n) is 5.36. The van der Waals surface area contributed by atoms with E-state index in [0.29, 0.717) is 0 Å². The summed E-state index contributed by atoms with van der Waals surface area (Å²) in [4.78, 5) is 23.6. The fraction of sp³-hybridized carbons (Fsp3) is 0.222. The van der Waals surface area contributed by atoms with E-state index >= 15 is 0 Å². The first-order valence-electron chi connectivity index (χ1n) is 7.29. The van der Waals surface area contributed by atoms with Crippen LogP contribution >= 0.6 is 0 Å². The van der Waals surface area contributed by atoms with E-state index in [2.05, 4.69) is 0 Å². The number of esters is 2. The Labute approximate surface area is 139 Å². The Balaban J connectivity index is 1.95. The van der Waals surface area contributed by atoms with E-state index in [1.807, 2.05) is 13.8 Å². The molecule has 0 aromatic heterocycles. The number of aliphatic hydroxyl groups excluding tert-OH is 2. The van der Waals surface area contributed by atoms with Crippen LogP contribution in [0.1, 0.15) is 11.1 Å². The Bertz CT molecular complexity index is 642. The van der Waals surface area contributed by atoms with Crippen molar-refractivity contribution >= 4 is 11.9 Å². The molecule has 2 atom stereocenters. The van der Waals surface area contributed by atoms with Crippen molar-refractivity contribution in [3.63, 3.8) is 0 Å². The molecule has 2 N–H and O–H groups in total. The number of carbonyl (C=O) groups is 2. The van der Waals surface area contributed by atoms with Crippen LogP contribution in [0.25, 0.3) is 0 Å². The topological polar surface area (TPSA) is 93.1 Å². The molecular weight excluding hydrogens is 312 g/mol. The molecular formula is C18H18O6. The molecule has 0 aliphatic carbocycles. The number of rotatable bonds is 5. The molecule has 24 heavy (non-hydrogen) atoms. The highest BCUT2D eigenvalue weighted by atomic mass is 16.6. The standard InChI is InChI=1S/C18H18O6/c1-11-3-7-13(8-4-11)23-17(21)15(19)16(20)18(22)24-14-9-5-12(2)6-10-14/h3-10,15-16,19-20H,1-2H3/t15-,16-/m0/s1. The van der Waals surface area contributed by atoms with Gasteiger partial charge in [-0.3, -0.25) is 0 Å². The molecule has 2 aromatic rings. The van der Waals surface area contributed by atoms with E-state index < -0.39 is 24.1 Å². The number of carbonyl (C=O) groups excluding carboxylic acids is 2. The summed E-state index contributed by atoms with van der Waals surface area (Å²) in [5.74, 6) is -1.90. The maximum atomic E-state index is 11.8. The average molecular weight is 330 g/mol. The highest BCUT2D eigenvalue weighted by Crippen LogP contribution is 2.15. The number of aliphatic hydroxyl groups is 2. The summed E-state index contributed by atoms with van der Waals surface area (Å²) in [6.07, 6.45) is -4.10. The second-order valence-corrected chi connectivity index (χ2v) is 5.36. The first-order chi connectivity index (χ1) is 11.4. The number of ether oxygens (including phenoxy) is 2. The van der Waals surface area contributed by atoms with E-state index in [-0.39, 0.29) is 11.5 Å². The normalized spacial score (nSPS) is 13.0. The van der Waals surface area contributed by atoms with Gasteiger partial charge in [-0.05, 0) is 38.1 Å². The maximum absolute atomic E-state index is 11.8. The predicted molar refractivity (Wildman–Crippen MR) is 85.6 cm³/mol. The van der Waals surface area contributed by atoms with Crippen molar-refractivity contribution < 1.29 is 29.3 Å². The molecule has 0 aliphatic rings. The van der Waals surface area contributed by atoms with Crippen LogP contribution in [0, 0.1) is 13.8 Å². The number of aryl methyl sites for hydroxylation is 2. The minimum Gasteiger partial charge on any atom is -0.425 e. The summed E-state index contributed by atoms with van der Waals surface area (Å²) in [5.41, 5.74) is 1.94. The van der Waals surface area contributed by atoms with Gasteiger partial charge in [0.05, 0.1) is 0 Å². The zero-order valence-corrected chi connectivity index (χ0v) is 13.3. The van der Waals surface area contributed by atoms with Crippen LogP contribution in [0.2, 0.25) is 0 Å². The van der Waals surface area contributed by atoms with Gasteiger partial charge in [0.25, 0.3) is 0 Å². The van der Waals surface area contributed by atoms with Gasteiger partial charge in [0, 0.05) is 0 Å². The third-order valence-corrected chi connectivity index (χ3v) is 3.26. The minimum absolute atomic E-state index is 0.198. The van der Waals surface area contributed by atoms with Crippen molar-refractivity contribution in [1.82, 2.24) is 0 Å². The Morgan fingerprint density at radius 1 is 0.708 bits per heavy atom. The molecule has 0 saturated carbocycles. The molecule has 2 aromatic carbocycles. The Hall–Kier alpha value is -2.70. The average Bonchev–Trinajstić information content (AvgIpc) is 2.57. The number of hydrogen-bond donors (Lipinski definition) is 2. The largest absolute Gasteiger partial charge is 0.425 e. The first kappa shape index (κ1) is 17.7. The van der Waals surface area contributed by atoms with Gasteiger partial charge in [-0.25, -0.2) is 9.59 Å². The zero-order chi connectivity index (χ0) is 17.7. The van der Waals surface area contributed by atoms with Crippen LogP contribution in [-0.2, 0) is 9.59 Å². The molecule has 6 nitrogen and oxygen atoms in total. The highest BCUT2D eigenvalue weighted by Gasteiger charge is 2.33. The summed E-state index contributed by atoms with van der Waals surface area (Å²) in [7, 11) is 0. The minimum atomic E-state index is -2.05. The van der Waals surface area contributed by atoms with Crippen molar-refractivity contribution in [2.45, 2.75) is 26.1 Å². The zero-order valence-electron chi connectivity index (χ0n) is 13.3. The summed E-state index contributed by atoms with van der Waals surface area (Å²) in [5, 5.41) is 19.5. The van der Waals surface area contributed by atoms with Gasteiger partial charge in [-0.2, -0.15) is 0 Å². The monoisotopic (exact) mass is 330 g/mol. The van der Waals surface area contributed by atoms with Gasteiger partial charge >= 0.3 is 11.9 Å². The molecule has 0 unspecified atom stereocenters. The molecule has 0 radical (unpaired) electrons. The second kappa shape index (κ2) is 7.72. The van der Waals surface area contributed by atoms with Crippen molar-refractivity contribution in [1.29, 1.82) is 0 Å². The van der Waals surface area contributed by atoms with E-state index in [0.717, 1.165) is 11.1 Å². The molecule has 0 amide bonds. The van der Waals surface area contributed by atoms with Gasteiger partial charge in [-0.1, -0.05) is 35.4 Å². The fourth-order valence-corrected chi connectivity index (χ4v) is 1.82. The number of benzene rings is 2. The van der Waals surface area contributed by atoms with Gasteiger partial charge in [0.1, 0.15) is 11.5 Å². The van der Waals surface area contributed by atoms with Crippen LogP contribution < -0.4 is 9.47 Å². The van der Waals surface area contributed by atoms with E-state index in [1.54, 1.807) is 24.3 Å². The van der Waals surface area contributed by atoms with Crippen LogP contribution in [0.5, 0.6) is 11.5 Å². The van der Waals surface area contributed by atoms with Gasteiger partial charge in [0.2, 0.25) is 0 Å². The van der Waals surface area contributed by atoms with Crippen LogP contribution in [0.3, 0.4) is 0 Å². The molecule has 0 aliphatic heterocycles. The fourth-order valence-electron chi connectivity index (χ4n) is 1.82. The molecule has 0 bridgehead atoms. The van der Waals surface area contributed by atoms with Crippen LogP contribution in [-0.4, -0.2) is 34.4 Å².